The maximum atomic E-state index is 9.55. The lowest BCUT2D eigenvalue weighted by molar-refractivity contribution is -0.134. The Balaban J connectivity index is 0.000000638. The molecule has 276 valence electrons. The van der Waals surface area contributed by atoms with Gasteiger partial charge in [-0.3, -0.25) is 4.90 Å². The molecule has 6 N–H and O–H groups in total. The molecule has 3 aromatic rings. The van der Waals surface area contributed by atoms with Crippen molar-refractivity contribution in [2.45, 2.75) is 18.9 Å². The fraction of sp³-hybridized carbons (Fsp3) is 0.297. The van der Waals surface area contributed by atoms with E-state index in [1.54, 1.807) is 21.3 Å². The highest BCUT2D eigenvalue weighted by atomic mass is 16.5. The fourth-order valence-electron chi connectivity index (χ4n) is 5.15. The second-order valence-corrected chi connectivity index (χ2v) is 10.8. The Hall–Kier alpha value is -5.70. The normalized spacial score (nSPS) is 12.9. The number of methoxy groups -OCH3 is 3. The van der Waals surface area contributed by atoms with Gasteiger partial charge in [0.1, 0.15) is 0 Å². The van der Waals surface area contributed by atoms with E-state index >= 15 is 0 Å². The van der Waals surface area contributed by atoms with Crippen molar-refractivity contribution in [1.82, 2.24) is 9.80 Å². The molecule has 0 saturated carbocycles. The van der Waals surface area contributed by atoms with E-state index in [0.717, 1.165) is 45.7 Å². The summed E-state index contributed by atoms with van der Waals surface area (Å²) in [5.74, 6) is -2.53. The minimum absolute atomic E-state index is 0. The molecule has 4 rings (SSSR count). The molecule has 0 bridgehead atoms. The molecule has 51 heavy (non-hydrogen) atoms. The summed E-state index contributed by atoms with van der Waals surface area (Å²) in [7, 11) is 4.97. The van der Waals surface area contributed by atoms with E-state index in [1.165, 1.54) is 16.7 Å². The lowest BCUT2D eigenvalue weighted by Gasteiger charge is -2.35. The van der Waals surface area contributed by atoms with E-state index in [0.29, 0.717) is 47.5 Å². The highest BCUT2D eigenvalue weighted by Gasteiger charge is 2.21. The summed E-state index contributed by atoms with van der Waals surface area (Å²) < 4.78 is 16.5. The summed E-state index contributed by atoms with van der Waals surface area (Å²) in [6, 6.07) is 25.9. The Bertz CT molecular complexity index is 1440. The third kappa shape index (κ3) is 16.5. The predicted molar refractivity (Wildman–Crippen MR) is 190 cm³/mol. The van der Waals surface area contributed by atoms with Gasteiger partial charge in [-0.25, -0.2) is 19.2 Å². The molecule has 0 aromatic heterocycles. The molecule has 1 saturated heterocycles. The van der Waals surface area contributed by atoms with Crippen LogP contribution in [0.25, 0.3) is 0 Å². The minimum Gasteiger partial charge on any atom is -0.493 e. The van der Waals surface area contributed by atoms with Crippen LogP contribution >= 0.6 is 0 Å². The van der Waals surface area contributed by atoms with Crippen LogP contribution in [0.5, 0.6) is 17.2 Å². The zero-order chi connectivity index (χ0) is 36.9. The molecule has 1 heterocycles. The van der Waals surface area contributed by atoms with Crippen molar-refractivity contribution in [2.24, 2.45) is 0 Å². The lowest BCUT2D eigenvalue weighted by Crippen LogP contribution is -2.46. The van der Waals surface area contributed by atoms with Crippen LogP contribution in [0.3, 0.4) is 0 Å². The van der Waals surface area contributed by atoms with E-state index in [2.05, 4.69) is 82.6 Å². The molecule has 0 radical (unpaired) electrons. The number of carbonyl (C=O) groups is 4. The molecule has 0 unspecified atom stereocenters. The van der Waals surface area contributed by atoms with Gasteiger partial charge in [-0.1, -0.05) is 60.7 Å². The predicted octanol–water partition coefficient (Wildman–Crippen LogP) is 3.65. The fourth-order valence-corrected chi connectivity index (χ4v) is 5.15. The minimum atomic E-state index is -1.26. The largest absolute Gasteiger partial charge is 0.493 e. The Morgan fingerprint density at radius 3 is 1.33 bits per heavy atom. The van der Waals surface area contributed by atoms with Crippen molar-refractivity contribution >= 4 is 23.9 Å². The third-order valence-corrected chi connectivity index (χ3v) is 7.47. The van der Waals surface area contributed by atoms with Crippen LogP contribution in [0.2, 0.25) is 0 Å². The number of piperazine rings is 1. The van der Waals surface area contributed by atoms with Crippen molar-refractivity contribution in [3.8, 4) is 17.2 Å². The van der Waals surface area contributed by atoms with Crippen LogP contribution in [0, 0.1) is 0 Å². The molecule has 0 aliphatic carbocycles. The molecule has 0 spiro atoms. The van der Waals surface area contributed by atoms with Gasteiger partial charge in [0.25, 0.3) is 0 Å². The van der Waals surface area contributed by atoms with Crippen molar-refractivity contribution in [3.05, 3.63) is 114 Å². The zero-order valence-electron chi connectivity index (χ0n) is 28.8. The van der Waals surface area contributed by atoms with Crippen LogP contribution in [0.1, 0.15) is 29.0 Å². The second-order valence-electron chi connectivity index (χ2n) is 10.8. The number of aliphatic carboxylic acids is 4. The first kappa shape index (κ1) is 43.3. The molecule has 0 atom stereocenters. The lowest BCUT2D eigenvalue weighted by atomic mass is 9.88. The molecular formula is C37H46N2O12. The quantitative estimate of drug-likeness (QED) is 0.176. The Labute approximate surface area is 296 Å². The summed E-state index contributed by atoms with van der Waals surface area (Å²) in [5.41, 5.74) is 3.97. The molecular weight excluding hydrogens is 664 g/mol. The average molecular weight is 711 g/mol. The Morgan fingerprint density at radius 1 is 0.627 bits per heavy atom. The van der Waals surface area contributed by atoms with Crippen molar-refractivity contribution in [3.63, 3.8) is 0 Å². The van der Waals surface area contributed by atoms with E-state index < -0.39 is 23.9 Å². The van der Waals surface area contributed by atoms with E-state index in [4.69, 9.17) is 34.6 Å². The van der Waals surface area contributed by atoms with Crippen molar-refractivity contribution in [2.75, 3.05) is 54.1 Å². The molecule has 1 aliphatic rings. The highest BCUT2D eigenvalue weighted by Crippen LogP contribution is 2.38. The van der Waals surface area contributed by atoms with Crippen LogP contribution < -0.4 is 14.2 Å². The van der Waals surface area contributed by atoms with Gasteiger partial charge >= 0.3 is 23.9 Å². The number of carboxylic acid groups (broad SMARTS) is 4. The first-order valence-corrected chi connectivity index (χ1v) is 15.6. The number of ether oxygens (including phenoxy) is 3. The summed E-state index contributed by atoms with van der Waals surface area (Å²) >= 11 is 0. The van der Waals surface area contributed by atoms with Gasteiger partial charge in [-0.05, 0) is 41.8 Å². The number of benzene rings is 3. The first-order valence-electron chi connectivity index (χ1n) is 15.6. The van der Waals surface area contributed by atoms with Gasteiger partial charge < -0.3 is 45.0 Å². The first-order chi connectivity index (χ1) is 24.0. The van der Waals surface area contributed by atoms with Crippen molar-refractivity contribution in [1.29, 1.82) is 0 Å². The summed E-state index contributed by atoms with van der Waals surface area (Å²) in [5, 5.41) is 31.2. The summed E-state index contributed by atoms with van der Waals surface area (Å²) in [6.07, 6.45) is 3.36. The van der Waals surface area contributed by atoms with E-state index in [1.807, 2.05) is 0 Å². The number of hydrogen-bond acceptors (Lipinski definition) is 9. The van der Waals surface area contributed by atoms with E-state index in [9.17, 15) is 19.2 Å². The monoisotopic (exact) mass is 710 g/mol. The van der Waals surface area contributed by atoms with Gasteiger partial charge in [0.05, 0.1) is 21.3 Å². The van der Waals surface area contributed by atoms with Gasteiger partial charge in [-0.2, -0.15) is 0 Å². The van der Waals surface area contributed by atoms with Crippen LogP contribution in [-0.2, 0) is 25.7 Å². The van der Waals surface area contributed by atoms with Crippen LogP contribution in [0.4, 0.5) is 0 Å². The second kappa shape index (κ2) is 23.6. The molecule has 3 aromatic carbocycles. The maximum absolute atomic E-state index is 9.55. The van der Waals surface area contributed by atoms with E-state index in [-0.39, 0.29) is 5.48 Å². The molecule has 1 aliphatic heterocycles. The average Bonchev–Trinajstić information content (AvgIpc) is 3.11. The number of hydrogen-bond donors (Lipinski definition) is 4. The van der Waals surface area contributed by atoms with Gasteiger partial charge in [0, 0.05) is 62.9 Å². The zero-order valence-corrected chi connectivity index (χ0v) is 28.8. The third-order valence-electron chi connectivity index (χ3n) is 7.47. The standard InChI is InChI=1S/C29H36N2O3.2C4H4O4.H2O/c1-32-27-20-23(21-28(33-2)29(27)34-3)22-31-18-16-30(17-19-31)15-14-26(24-10-6-4-7-11-24)25-12-8-5-9-13-25;2*5-3(6)1-2-4(7)8;/h4-13,20-21,26H,14-19,22H2,1-3H3;2*1-2H,(H,5,6)(H,7,8);1H2/b;2*2-1+;. The van der Waals surface area contributed by atoms with Crippen molar-refractivity contribution < 1.29 is 59.3 Å². The SMILES string of the molecule is COc1cc(CN2CCN(CCC(c3ccccc3)c3ccccc3)CC2)cc(OC)c1OC.O.O=C(O)/C=C/C(=O)O.O=C(O)/C=C/C(=O)O. The molecule has 14 heteroatoms. The van der Waals surface area contributed by atoms with Gasteiger partial charge in [0.15, 0.2) is 11.5 Å². The number of carboxylic acids is 4. The summed E-state index contributed by atoms with van der Waals surface area (Å²) in [4.78, 5) is 43.3. The molecule has 1 fully saturated rings. The van der Waals surface area contributed by atoms with Gasteiger partial charge in [-0.15, -0.1) is 0 Å². The molecule has 0 amide bonds. The number of rotatable bonds is 14. The smallest absolute Gasteiger partial charge is 0.328 e. The van der Waals surface area contributed by atoms with Crippen LogP contribution in [0.15, 0.2) is 97.1 Å². The topological polar surface area (TPSA) is 215 Å². The maximum Gasteiger partial charge on any atom is 0.328 e. The summed E-state index contributed by atoms with van der Waals surface area (Å²) in [6.45, 7) is 6.26. The van der Waals surface area contributed by atoms with Gasteiger partial charge in [0.2, 0.25) is 5.75 Å². The highest BCUT2D eigenvalue weighted by molar-refractivity contribution is 5.90. The number of nitrogens with zero attached hydrogens (tertiary/aromatic N) is 2. The van der Waals surface area contributed by atoms with Crippen LogP contribution in [-0.4, -0.2) is 114 Å². The Kier molecular flexibility index (Phi) is 20.1. The molecule has 14 nitrogen and oxygen atoms in total. The Morgan fingerprint density at radius 2 is 1.00 bits per heavy atom.